The maximum absolute atomic E-state index is 13.4. The lowest BCUT2D eigenvalue weighted by atomic mass is 9.89. The number of H-pyrrole nitrogens is 1. The van der Waals surface area contributed by atoms with Crippen LogP contribution >= 0.6 is 0 Å². The minimum Gasteiger partial charge on any atom is -0.355 e. The fourth-order valence-electron chi connectivity index (χ4n) is 3.41. The van der Waals surface area contributed by atoms with E-state index in [1.54, 1.807) is 12.4 Å². The molecule has 0 aliphatic carbocycles. The topological polar surface area (TPSA) is 44.8 Å². The van der Waals surface area contributed by atoms with Crippen molar-refractivity contribution in [2.24, 2.45) is 0 Å². The maximum Gasteiger partial charge on any atom is 0.150 e. The van der Waals surface area contributed by atoms with Gasteiger partial charge in [0.15, 0.2) is 5.82 Å². The molecule has 0 saturated carbocycles. The van der Waals surface area contributed by atoms with Gasteiger partial charge >= 0.3 is 0 Å². The third kappa shape index (κ3) is 3.38. The molecule has 4 rings (SSSR count). The molecule has 6 heteroatoms. The van der Waals surface area contributed by atoms with Crippen LogP contribution < -0.4 is 4.90 Å². The first-order valence-electron chi connectivity index (χ1n) is 8.36. The van der Waals surface area contributed by atoms with Crippen molar-refractivity contribution in [1.82, 2.24) is 15.2 Å². The molecular weight excluding hydrogens is 322 g/mol. The summed E-state index contributed by atoms with van der Waals surface area (Å²) in [5, 5.41) is 7.46. The van der Waals surface area contributed by atoms with Crippen molar-refractivity contribution in [3.63, 3.8) is 0 Å². The Hall–Kier alpha value is -2.76. The number of nitrogens with zero attached hydrogens (tertiary/aromatic N) is 3. The standard InChI is InChI=1S/C19H18F2N4/c20-16-9-15(10-17(21)11-16)13-3-7-25(8-4-13)19-12-18(23-24-19)14-1-5-22-6-2-14/h1-2,5-6,9-13H,3-4,7-8H2,(H,23,24). The van der Waals surface area contributed by atoms with Crippen LogP contribution in [0.25, 0.3) is 11.3 Å². The van der Waals surface area contributed by atoms with Crippen molar-refractivity contribution < 1.29 is 8.78 Å². The molecule has 3 aromatic rings. The van der Waals surface area contributed by atoms with E-state index in [1.807, 2.05) is 18.2 Å². The van der Waals surface area contributed by atoms with E-state index in [1.165, 1.54) is 12.1 Å². The minimum absolute atomic E-state index is 0.181. The Morgan fingerprint density at radius 3 is 2.32 bits per heavy atom. The summed E-state index contributed by atoms with van der Waals surface area (Å²) in [6.45, 7) is 1.62. The summed E-state index contributed by atoms with van der Waals surface area (Å²) in [6, 6.07) is 9.70. The van der Waals surface area contributed by atoms with Crippen LogP contribution in [-0.4, -0.2) is 28.3 Å². The van der Waals surface area contributed by atoms with Gasteiger partial charge in [0, 0.05) is 43.2 Å². The number of piperidine rings is 1. The van der Waals surface area contributed by atoms with Crippen LogP contribution in [0.5, 0.6) is 0 Å². The van der Waals surface area contributed by atoms with Gasteiger partial charge in [0.1, 0.15) is 11.6 Å². The highest BCUT2D eigenvalue weighted by molar-refractivity contribution is 5.62. The molecule has 1 saturated heterocycles. The summed E-state index contributed by atoms with van der Waals surface area (Å²) in [5.74, 6) is 0.0641. The second kappa shape index (κ2) is 6.63. The monoisotopic (exact) mass is 340 g/mol. The molecule has 3 heterocycles. The van der Waals surface area contributed by atoms with Crippen molar-refractivity contribution >= 4 is 5.82 Å². The Balaban J connectivity index is 1.45. The van der Waals surface area contributed by atoms with Gasteiger partial charge in [-0.15, -0.1) is 0 Å². The number of benzene rings is 1. The maximum atomic E-state index is 13.4. The Morgan fingerprint density at radius 2 is 1.64 bits per heavy atom. The number of hydrogen-bond donors (Lipinski definition) is 1. The lowest BCUT2D eigenvalue weighted by Gasteiger charge is -2.32. The molecule has 0 unspecified atom stereocenters. The lowest BCUT2D eigenvalue weighted by Crippen LogP contribution is -2.33. The van der Waals surface area contributed by atoms with Crippen molar-refractivity contribution in [3.05, 3.63) is 66.0 Å². The predicted molar refractivity (Wildman–Crippen MR) is 92.4 cm³/mol. The first-order chi connectivity index (χ1) is 12.2. The van der Waals surface area contributed by atoms with E-state index in [2.05, 4.69) is 20.1 Å². The predicted octanol–water partition coefficient (Wildman–Crippen LogP) is 4.13. The quantitative estimate of drug-likeness (QED) is 0.779. The highest BCUT2D eigenvalue weighted by atomic mass is 19.1. The fraction of sp³-hybridized carbons (Fsp3) is 0.263. The van der Waals surface area contributed by atoms with E-state index in [4.69, 9.17) is 0 Å². The first-order valence-corrected chi connectivity index (χ1v) is 8.36. The molecule has 1 fully saturated rings. The number of nitrogens with one attached hydrogen (secondary N) is 1. The summed E-state index contributed by atoms with van der Waals surface area (Å²) in [7, 11) is 0. The Bertz CT molecular complexity index is 835. The Morgan fingerprint density at radius 1 is 0.960 bits per heavy atom. The molecule has 0 radical (unpaired) electrons. The lowest BCUT2D eigenvalue weighted by molar-refractivity contribution is 0.494. The number of hydrogen-bond acceptors (Lipinski definition) is 3. The van der Waals surface area contributed by atoms with E-state index >= 15 is 0 Å². The molecule has 1 aliphatic heterocycles. The third-order valence-electron chi connectivity index (χ3n) is 4.73. The van der Waals surface area contributed by atoms with E-state index in [0.29, 0.717) is 0 Å². The number of aromatic nitrogens is 3. The highest BCUT2D eigenvalue weighted by Gasteiger charge is 2.23. The minimum atomic E-state index is -0.508. The van der Waals surface area contributed by atoms with Crippen molar-refractivity contribution in [3.8, 4) is 11.3 Å². The van der Waals surface area contributed by atoms with Crippen molar-refractivity contribution in [1.29, 1.82) is 0 Å². The molecule has 2 aromatic heterocycles. The van der Waals surface area contributed by atoms with E-state index in [9.17, 15) is 8.78 Å². The largest absolute Gasteiger partial charge is 0.355 e. The summed E-state index contributed by atoms with van der Waals surface area (Å²) in [5.41, 5.74) is 2.74. The number of halogens is 2. The second-order valence-electron chi connectivity index (χ2n) is 6.34. The molecule has 25 heavy (non-hydrogen) atoms. The van der Waals surface area contributed by atoms with E-state index in [0.717, 1.165) is 54.6 Å². The molecular formula is C19H18F2N4. The van der Waals surface area contributed by atoms with Gasteiger partial charge in [0.2, 0.25) is 0 Å². The Labute approximate surface area is 144 Å². The summed E-state index contributed by atoms with van der Waals surface area (Å²) in [6.07, 6.45) is 5.19. The molecule has 4 nitrogen and oxygen atoms in total. The third-order valence-corrected chi connectivity index (χ3v) is 4.73. The fourth-order valence-corrected chi connectivity index (χ4v) is 3.41. The molecule has 128 valence electrons. The van der Waals surface area contributed by atoms with Crippen LogP contribution in [0.1, 0.15) is 24.3 Å². The number of anilines is 1. The van der Waals surface area contributed by atoms with E-state index < -0.39 is 11.6 Å². The molecule has 0 amide bonds. The zero-order valence-electron chi connectivity index (χ0n) is 13.6. The van der Waals surface area contributed by atoms with Crippen LogP contribution in [0.3, 0.4) is 0 Å². The zero-order chi connectivity index (χ0) is 17.2. The van der Waals surface area contributed by atoms with Gasteiger partial charge in [-0.3, -0.25) is 10.1 Å². The van der Waals surface area contributed by atoms with E-state index in [-0.39, 0.29) is 5.92 Å². The second-order valence-corrected chi connectivity index (χ2v) is 6.34. The van der Waals surface area contributed by atoms with Gasteiger partial charge < -0.3 is 4.90 Å². The van der Waals surface area contributed by atoms with Gasteiger partial charge in [-0.25, -0.2) is 8.78 Å². The molecule has 0 atom stereocenters. The van der Waals surface area contributed by atoms with Crippen LogP contribution in [0, 0.1) is 11.6 Å². The molecule has 1 aromatic carbocycles. The SMILES string of the molecule is Fc1cc(F)cc(C2CCN(c3cc(-c4ccncc4)[nH]n3)CC2)c1. The smallest absolute Gasteiger partial charge is 0.150 e. The summed E-state index contributed by atoms with van der Waals surface area (Å²) in [4.78, 5) is 6.22. The van der Waals surface area contributed by atoms with Crippen LogP contribution in [0.15, 0.2) is 48.8 Å². The van der Waals surface area contributed by atoms with Gasteiger partial charge in [-0.1, -0.05) is 0 Å². The normalized spacial score (nSPS) is 15.5. The average Bonchev–Trinajstić information content (AvgIpc) is 3.12. The summed E-state index contributed by atoms with van der Waals surface area (Å²) < 4.78 is 26.8. The summed E-state index contributed by atoms with van der Waals surface area (Å²) >= 11 is 0. The Kier molecular flexibility index (Phi) is 4.17. The molecule has 1 N–H and O–H groups in total. The molecule has 0 bridgehead atoms. The van der Waals surface area contributed by atoms with Crippen LogP contribution in [-0.2, 0) is 0 Å². The van der Waals surface area contributed by atoms with Crippen molar-refractivity contribution in [2.45, 2.75) is 18.8 Å². The van der Waals surface area contributed by atoms with Gasteiger partial charge in [0.05, 0.1) is 5.69 Å². The highest BCUT2D eigenvalue weighted by Crippen LogP contribution is 2.31. The van der Waals surface area contributed by atoms with Gasteiger partial charge in [-0.05, 0) is 48.6 Å². The average molecular weight is 340 g/mol. The number of pyridine rings is 1. The molecule has 0 spiro atoms. The van der Waals surface area contributed by atoms with Gasteiger partial charge in [0.25, 0.3) is 0 Å². The van der Waals surface area contributed by atoms with Crippen LogP contribution in [0.2, 0.25) is 0 Å². The van der Waals surface area contributed by atoms with Gasteiger partial charge in [-0.2, -0.15) is 5.10 Å². The first kappa shape index (κ1) is 15.7. The zero-order valence-corrected chi connectivity index (χ0v) is 13.6. The molecule has 1 aliphatic rings. The van der Waals surface area contributed by atoms with Crippen molar-refractivity contribution in [2.75, 3.05) is 18.0 Å². The number of aromatic amines is 1. The van der Waals surface area contributed by atoms with Crippen LogP contribution in [0.4, 0.5) is 14.6 Å². The number of rotatable bonds is 3.